The predicted octanol–water partition coefficient (Wildman–Crippen LogP) is 5.00. The third-order valence-electron chi connectivity index (χ3n) is 5.45. The van der Waals surface area contributed by atoms with Gasteiger partial charge in [-0.3, -0.25) is 0 Å². The Balaban J connectivity index is 1.82. The summed E-state index contributed by atoms with van der Waals surface area (Å²) >= 11 is 0. The van der Waals surface area contributed by atoms with E-state index in [0.717, 1.165) is 11.1 Å². The fraction of sp³-hybridized carbons (Fsp3) is 0.185. The average molecular weight is 491 g/mol. The normalized spacial score (nSPS) is 12.2. The quantitative estimate of drug-likeness (QED) is 0.339. The van der Waals surface area contributed by atoms with E-state index in [1.54, 1.807) is 56.3 Å². The maximum absolute atomic E-state index is 13.6. The molecule has 0 N–H and O–H groups in total. The second kappa shape index (κ2) is 9.76. The van der Waals surface area contributed by atoms with Gasteiger partial charge in [-0.05, 0) is 63.6 Å². The highest BCUT2D eigenvalue weighted by Crippen LogP contribution is 2.35. The number of carbonyl (C=O) groups is 1. The van der Waals surface area contributed by atoms with Gasteiger partial charge in [-0.25, -0.2) is 13.2 Å². The maximum atomic E-state index is 13.6. The van der Waals surface area contributed by atoms with Gasteiger partial charge in [0.25, 0.3) is 0 Å². The van der Waals surface area contributed by atoms with Gasteiger partial charge in [-0.2, -0.15) is 9.78 Å². The van der Waals surface area contributed by atoms with E-state index in [2.05, 4.69) is 5.10 Å². The number of carbonyl (C=O) groups excluding carboxylic acids is 1. The molecule has 35 heavy (non-hydrogen) atoms. The molecule has 0 saturated heterocycles. The Kier molecular flexibility index (Phi) is 6.75. The van der Waals surface area contributed by atoms with Gasteiger partial charge >= 0.3 is 5.97 Å². The van der Waals surface area contributed by atoms with Crippen molar-refractivity contribution in [3.8, 4) is 17.3 Å². The molecule has 0 aliphatic heterocycles. The van der Waals surface area contributed by atoms with Crippen LogP contribution in [0.2, 0.25) is 0 Å². The van der Waals surface area contributed by atoms with Crippen LogP contribution in [0.4, 0.5) is 0 Å². The van der Waals surface area contributed by atoms with Crippen molar-refractivity contribution in [1.29, 1.82) is 0 Å². The average Bonchev–Trinajstić information content (AvgIpc) is 3.16. The minimum Gasteiger partial charge on any atom is -0.479 e. The summed E-state index contributed by atoms with van der Waals surface area (Å²) in [5, 5.41) is 4.48. The van der Waals surface area contributed by atoms with E-state index in [0.29, 0.717) is 11.4 Å². The molecular weight excluding hydrogens is 464 g/mol. The number of benzene rings is 3. The molecule has 0 saturated carbocycles. The fourth-order valence-electron chi connectivity index (χ4n) is 3.74. The number of hydrogen-bond acceptors (Lipinski definition) is 6. The Morgan fingerprint density at radius 1 is 0.914 bits per heavy atom. The summed E-state index contributed by atoms with van der Waals surface area (Å²) in [5.74, 6) is -0.427. The van der Waals surface area contributed by atoms with Crippen molar-refractivity contribution in [2.75, 3.05) is 0 Å². The third kappa shape index (κ3) is 4.97. The number of sulfone groups is 1. The molecule has 1 aromatic heterocycles. The topological polar surface area (TPSA) is 87.5 Å². The molecule has 0 aliphatic carbocycles. The predicted molar refractivity (Wildman–Crippen MR) is 132 cm³/mol. The lowest BCUT2D eigenvalue weighted by atomic mass is 10.1. The lowest BCUT2D eigenvalue weighted by molar-refractivity contribution is -0.142. The van der Waals surface area contributed by atoms with E-state index in [9.17, 15) is 13.2 Å². The van der Waals surface area contributed by atoms with E-state index < -0.39 is 21.9 Å². The van der Waals surface area contributed by atoms with Crippen molar-refractivity contribution in [3.63, 3.8) is 0 Å². The fourth-order valence-corrected chi connectivity index (χ4v) is 5.28. The van der Waals surface area contributed by atoms with Crippen molar-refractivity contribution in [3.05, 3.63) is 95.7 Å². The Morgan fingerprint density at radius 3 is 2.17 bits per heavy atom. The summed E-state index contributed by atoms with van der Waals surface area (Å²) in [5.41, 5.74) is 2.71. The molecule has 0 spiro atoms. The Hall–Kier alpha value is -3.91. The SMILES string of the molecule is Cc1ccc(-n2nc(C)c(S(=O)(=O)c3ccccc3)c2OC(=O)[C@@H](C)Oc2ccccc2)c(C)c1. The molecule has 0 bridgehead atoms. The summed E-state index contributed by atoms with van der Waals surface area (Å²) in [6.45, 7) is 6.97. The summed E-state index contributed by atoms with van der Waals surface area (Å²) < 4.78 is 40.1. The lowest BCUT2D eigenvalue weighted by Crippen LogP contribution is -2.29. The van der Waals surface area contributed by atoms with Crippen LogP contribution in [0.1, 0.15) is 23.7 Å². The highest BCUT2D eigenvalue weighted by molar-refractivity contribution is 7.91. The molecule has 7 nitrogen and oxygen atoms in total. The number of rotatable bonds is 7. The first-order valence-corrected chi connectivity index (χ1v) is 12.6. The first-order chi connectivity index (χ1) is 16.7. The monoisotopic (exact) mass is 490 g/mol. The van der Waals surface area contributed by atoms with Crippen molar-refractivity contribution in [2.24, 2.45) is 0 Å². The molecule has 3 aromatic carbocycles. The van der Waals surface area contributed by atoms with Gasteiger partial charge in [0.2, 0.25) is 15.7 Å². The van der Waals surface area contributed by atoms with Crippen LogP contribution in [-0.2, 0) is 14.6 Å². The van der Waals surface area contributed by atoms with Gasteiger partial charge in [0.1, 0.15) is 5.75 Å². The first kappa shape index (κ1) is 24.2. The Bertz CT molecular complexity index is 1460. The van der Waals surface area contributed by atoms with Gasteiger partial charge in [-0.1, -0.05) is 54.1 Å². The summed E-state index contributed by atoms with van der Waals surface area (Å²) in [6.07, 6.45) is -0.993. The largest absolute Gasteiger partial charge is 0.479 e. The van der Waals surface area contributed by atoms with Gasteiger partial charge < -0.3 is 9.47 Å². The van der Waals surface area contributed by atoms with Gasteiger partial charge in [-0.15, -0.1) is 0 Å². The van der Waals surface area contributed by atoms with Crippen LogP contribution in [0.25, 0.3) is 5.69 Å². The molecule has 0 unspecified atom stereocenters. The van der Waals surface area contributed by atoms with E-state index in [4.69, 9.17) is 9.47 Å². The molecule has 0 radical (unpaired) electrons. The second-order valence-corrected chi connectivity index (χ2v) is 10.1. The minimum atomic E-state index is -4.04. The molecule has 8 heteroatoms. The van der Waals surface area contributed by atoms with Gasteiger partial charge in [0, 0.05) is 0 Å². The van der Waals surface area contributed by atoms with Crippen molar-refractivity contribution in [1.82, 2.24) is 9.78 Å². The smallest absolute Gasteiger partial charge is 0.353 e. The Labute approximate surface area is 204 Å². The number of para-hydroxylation sites is 1. The molecule has 0 fully saturated rings. The zero-order chi connectivity index (χ0) is 25.2. The molecule has 4 rings (SSSR count). The van der Waals surface area contributed by atoms with Crippen molar-refractivity contribution < 1.29 is 22.7 Å². The molecular formula is C27H26N2O5S. The lowest BCUT2D eigenvalue weighted by Gasteiger charge is -2.16. The molecule has 1 heterocycles. The number of ether oxygens (including phenoxy) is 2. The van der Waals surface area contributed by atoms with Crippen LogP contribution in [0.3, 0.4) is 0 Å². The Morgan fingerprint density at radius 2 is 1.54 bits per heavy atom. The van der Waals surface area contributed by atoms with Crippen LogP contribution in [0, 0.1) is 20.8 Å². The third-order valence-corrected chi connectivity index (χ3v) is 7.35. The van der Waals surface area contributed by atoms with E-state index in [-0.39, 0.29) is 21.4 Å². The standard InChI is InChI=1S/C27H26N2O5S/c1-18-15-16-24(19(2)17-18)29-26(34-27(30)21(4)33-22-11-7-5-8-12-22)25(20(3)28-29)35(31,32)23-13-9-6-10-14-23/h5-17,21H,1-4H3/t21-/m1/s1. The molecule has 0 amide bonds. The number of esters is 1. The number of nitrogens with zero attached hydrogens (tertiary/aromatic N) is 2. The highest BCUT2D eigenvalue weighted by atomic mass is 32.2. The minimum absolute atomic E-state index is 0.0779. The highest BCUT2D eigenvalue weighted by Gasteiger charge is 2.33. The zero-order valence-corrected chi connectivity index (χ0v) is 20.7. The number of hydrogen-bond donors (Lipinski definition) is 0. The van der Waals surface area contributed by atoms with E-state index in [1.807, 2.05) is 38.1 Å². The molecule has 0 aliphatic rings. The van der Waals surface area contributed by atoms with Crippen molar-refractivity contribution >= 4 is 15.8 Å². The van der Waals surface area contributed by atoms with E-state index >= 15 is 0 Å². The van der Waals surface area contributed by atoms with Gasteiger partial charge in [0.05, 0.1) is 16.3 Å². The first-order valence-electron chi connectivity index (χ1n) is 11.1. The van der Waals surface area contributed by atoms with Crippen LogP contribution in [0.15, 0.2) is 88.7 Å². The summed E-state index contributed by atoms with van der Waals surface area (Å²) in [4.78, 5) is 13.0. The van der Waals surface area contributed by atoms with Crippen LogP contribution in [0.5, 0.6) is 11.6 Å². The summed E-state index contributed by atoms with van der Waals surface area (Å²) in [6, 6.07) is 22.5. The molecule has 4 aromatic rings. The summed E-state index contributed by atoms with van der Waals surface area (Å²) in [7, 11) is -4.04. The molecule has 1 atom stereocenters. The number of aromatic nitrogens is 2. The van der Waals surface area contributed by atoms with Crippen LogP contribution in [-0.4, -0.2) is 30.3 Å². The zero-order valence-electron chi connectivity index (χ0n) is 19.9. The maximum Gasteiger partial charge on any atom is 0.353 e. The van der Waals surface area contributed by atoms with Crippen LogP contribution >= 0.6 is 0 Å². The van der Waals surface area contributed by atoms with E-state index in [1.165, 1.54) is 16.8 Å². The van der Waals surface area contributed by atoms with Crippen LogP contribution < -0.4 is 9.47 Å². The van der Waals surface area contributed by atoms with Crippen molar-refractivity contribution in [2.45, 2.75) is 43.6 Å². The molecule has 180 valence electrons. The van der Waals surface area contributed by atoms with Gasteiger partial charge in [0.15, 0.2) is 11.0 Å². The second-order valence-electron chi connectivity index (χ2n) is 8.23. The number of aryl methyl sites for hydroxylation is 3.